The molecule has 0 saturated carbocycles. The molecule has 0 aliphatic heterocycles. The summed E-state index contributed by atoms with van der Waals surface area (Å²) < 4.78 is 11.8. The van der Waals surface area contributed by atoms with E-state index in [1.807, 2.05) is 83.1 Å². The minimum atomic E-state index is -0.433. The molecule has 29 heavy (non-hydrogen) atoms. The van der Waals surface area contributed by atoms with Gasteiger partial charge in [-0.05, 0) is 24.3 Å². The van der Waals surface area contributed by atoms with Crippen molar-refractivity contribution < 1.29 is 9.47 Å². The summed E-state index contributed by atoms with van der Waals surface area (Å²) >= 11 is 0. The molecule has 0 spiro atoms. The Morgan fingerprint density at radius 2 is 1.03 bits per heavy atom. The molecule has 0 aromatic heterocycles. The van der Waals surface area contributed by atoms with Crippen molar-refractivity contribution >= 4 is 12.4 Å². The van der Waals surface area contributed by atoms with Crippen LogP contribution in [0.15, 0.2) is 58.5 Å². The zero-order valence-electron chi connectivity index (χ0n) is 19.8. The Kier molecular flexibility index (Phi) is 19.8. The molecule has 2 aromatic rings. The van der Waals surface area contributed by atoms with E-state index in [-0.39, 0.29) is 0 Å². The van der Waals surface area contributed by atoms with Crippen molar-refractivity contribution in [2.75, 3.05) is 14.1 Å². The zero-order valence-corrected chi connectivity index (χ0v) is 19.8. The molecule has 0 heterocycles. The Bertz CT molecular complexity index is 625. The van der Waals surface area contributed by atoms with E-state index in [1.54, 1.807) is 26.5 Å². The van der Waals surface area contributed by atoms with Gasteiger partial charge in [0, 0.05) is 44.6 Å². The maximum absolute atomic E-state index is 5.88. The van der Waals surface area contributed by atoms with Crippen molar-refractivity contribution in [1.82, 2.24) is 0 Å². The number of hydrogen-bond acceptors (Lipinski definition) is 4. The van der Waals surface area contributed by atoms with Crippen molar-refractivity contribution in [3.63, 3.8) is 0 Å². The number of ether oxygens (including phenoxy) is 2. The van der Waals surface area contributed by atoms with Gasteiger partial charge in [0.25, 0.3) is 0 Å². The van der Waals surface area contributed by atoms with Crippen LogP contribution in [0.5, 0.6) is 11.5 Å². The summed E-state index contributed by atoms with van der Waals surface area (Å²) in [7, 11) is 3.47. The third kappa shape index (κ3) is 12.5. The average Bonchev–Trinajstić information content (AvgIpc) is 2.75. The molecule has 2 rings (SSSR count). The summed E-state index contributed by atoms with van der Waals surface area (Å²) in [6, 6.07) is 15.4. The van der Waals surface area contributed by atoms with E-state index in [0.29, 0.717) is 0 Å². The predicted molar refractivity (Wildman–Crippen MR) is 129 cm³/mol. The van der Waals surface area contributed by atoms with E-state index in [0.717, 1.165) is 22.6 Å². The number of hydrogen-bond donors (Lipinski definition) is 0. The standard InChI is InChI=1S/C18H20N2O2.C3H8.2C2H6/c1-14(21-17-10-6-4-8-15(17)12-19-2)22-18-11-7-5-9-16(18)13-20-3;1-3-2;2*1-2/h4-14H,1-3H3;3H2,1-2H3;2*1-2H3. The van der Waals surface area contributed by atoms with Gasteiger partial charge in [-0.1, -0.05) is 72.2 Å². The molecule has 0 aliphatic carbocycles. The van der Waals surface area contributed by atoms with Gasteiger partial charge in [0.05, 0.1) is 0 Å². The lowest BCUT2D eigenvalue weighted by molar-refractivity contribution is 0.0221. The lowest BCUT2D eigenvalue weighted by Crippen LogP contribution is -2.21. The fraction of sp³-hybridized carbons (Fsp3) is 0.440. The SMILES string of the molecule is CC.CC.CCC.CN=Cc1ccccc1OC(C)Oc1ccccc1C=NC. The molecule has 0 unspecified atom stereocenters. The Hall–Kier alpha value is -2.62. The molecule has 0 aliphatic rings. The molecule has 2 aromatic carbocycles. The van der Waals surface area contributed by atoms with Gasteiger partial charge in [0.1, 0.15) is 11.5 Å². The molecular weight excluding hydrogens is 360 g/mol. The van der Waals surface area contributed by atoms with E-state index in [1.165, 1.54) is 6.42 Å². The van der Waals surface area contributed by atoms with Crippen molar-refractivity contribution in [2.45, 2.75) is 61.2 Å². The lowest BCUT2D eigenvalue weighted by Gasteiger charge is -2.18. The largest absolute Gasteiger partial charge is 0.455 e. The number of aliphatic imine (C=N–C) groups is 2. The molecule has 0 saturated heterocycles. The monoisotopic (exact) mass is 400 g/mol. The second-order valence-electron chi connectivity index (χ2n) is 5.36. The van der Waals surface area contributed by atoms with Gasteiger partial charge < -0.3 is 9.47 Å². The van der Waals surface area contributed by atoms with Crippen molar-refractivity contribution in [3.05, 3.63) is 59.7 Å². The Balaban J connectivity index is 0. The predicted octanol–water partition coefficient (Wildman–Crippen LogP) is 7.06. The topological polar surface area (TPSA) is 43.2 Å². The van der Waals surface area contributed by atoms with E-state index < -0.39 is 6.29 Å². The van der Waals surface area contributed by atoms with E-state index >= 15 is 0 Å². The number of benzene rings is 2. The lowest BCUT2D eigenvalue weighted by atomic mass is 10.2. The minimum Gasteiger partial charge on any atom is -0.455 e. The molecule has 0 bridgehead atoms. The van der Waals surface area contributed by atoms with E-state index in [4.69, 9.17) is 9.47 Å². The van der Waals surface area contributed by atoms with Crippen LogP contribution in [-0.2, 0) is 0 Å². The highest BCUT2D eigenvalue weighted by molar-refractivity contribution is 5.84. The van der Waals surface area contributed by atoms with Crippen molar-refractivity contribution in [1.29, 1.82) is 0 Å². The van der Waals surface area contributed by atoms with Crippen LogP contribution in [0, 0.1) is 0 Å². The quantitative estimate of drug-likeness (QED) is 0.385. The number of rotatable bonds is 6. The normalized spacial score (nSPS) is 10.7. The molecule has 0 fully saturated rings. The first-order valence-corrected chi connectivity index (χ1v) is 10.5. The summed E-state index contributed by atoms with van der Waals surface area (Å²) in [4.78, 5) is 8.07. The van der Waals surface area contributed by atoms with E-state index in [2.05, 4.69) is 23.8 Å². The molecule has 0 amide bonds. The van der Waals surface area contributed by atoms with Gasteiger partial charge in [-0.3, -0.25) is 9.98 Å². The van der Waals surface area contributed by atoms with Gasteiger partial charge in [-0.15, -0.1) is 0 Å². The van der Waals surface area contributed by atoms with Crippen molar-refractivity contribution in [3.8, 4) is 11.5 Å². The fourth-order valence-electron chi connectivity index (χ4n) is 2.05. The second-order valence-corrected chi connectivity index (χ2v) is 5.36. The van der Waals surface area contributed by atoms with Crippen LogP contribution < -0.4 is 9.47 Å². The number of nitrogens with zero attached hydrogens (tertiary/aromatic N) is 2. The molecule has 0 N–H and O–H groups in total. The smallest absolute Gasteiger partial charge is 0.238 e. The average molecular weight is 401 g/mol. The first-order chi connectivity index (χ1) is 14.2. The molecule has 4 heteroatoms. The van der Waals surface area contributed by atoms with Crippen LogP contribution in [0.3, 0.4) is 0 Å². The van der Waals surface area contributed by atoms with Gasteiger partial charge in [0.2, 0.25) is 6.29 Å². The first-order valence-electron chi connectivity index (χ1n) is 10.5. The summed E-state index contributed by atoms with van der Waals surface area (Å²) in [5.41, 5.74) is 1.84. The van der Waals surface area contributed by atoms with Crippen LogP contribution in [0.25, 0.3) is 0 Å². The maximum Gasteiger partial charge on any atom is 0.238 e. The second kappa shape index (κ2) is 20.1. The minimum absolute atomic E-state index is 0.433. The van der Waals surface area contributed by atoms with Crippen molar-refractivity contribution in [2.24, 2.45) is 9.98 Å². The van der Waals surface area contributed by atoms with Crippen LogP contribution in [0.4, 0.5) is 0 Å². The summed E-state index contributed by atoms with van der Waals surface area (Å²) in [6.07, 6.45) is 4.34. The van der Waals surface area contributed by atoms with Gasteiger partial charge >= 0.3 is 0 Å². The molecule has 162 valence electrons. The Labute approximate surface area is 178 Å². The van der Waals surface area contributed by atoms with E-state index in [9.17, 15) is 0 Å². The van der Waals surface area contributed by atoms with Gasteiger partial charge in [-0.25, -0.2) is 0 Å². The highest BCUT2D eigenvalue weighted by Gasteiger charge is 2.10. The van der Waals surface area contributed by atoms with Crippen LogP contribution in [-0.4, -0.2) is 32.8 Å². The highest BCUT2D eigenvalue weighted by Crippen LogP contribution is 2.21. The van der Waals surface area contributed by atoms with Gasteiger partial charge in [0.15, 0.2) is 0 Å². The molecular formula is C25H40N2O2. The highest BCUT2D eigenvalue weighted by atomic mass is 16.7. The Morgan fingerprint density at radius 3 is 1.34 bits per heavy atom. The maximum atomic E-state index is 5.88. The molecule has 0 atom stereocenters. The zero-order chi connectivity index (χ0) is 22.5. The molecule has 0 radical (unpaired) electrons. The Morgan fingerprint density at radius 1 is 0.724 bits per heavy atom. The fourth-order valence-corrected chi connectivity index (χ4v) is 2.05. The van der Waals surface area contributed by atoms with Crippen LogP contribution in [0.2, 0.25) is 0 Å². The third-order valence-electron chi connectivity index (χ3n) is 2.96. The van der Waals surface area contributed by atoms with Crippen LogP contribution >= 0.6 is 0 Å². The molecule has 4 nitrogen and oxygen atoms in total. The number of para-hydroxylation sites is 2. The summed E-state index contributed by atoms with van der Waals surface area (Å²) in [5, 5.41) is 0. The van der Waals surface area contributed by atoms with Gasteiger partial charge in [-0.2, -0.15) is 0 Å². The summed E-state index contributed by atoms with van der Waals surface area (Å²) in [5.74, 6) is 1.48. The first kappa shape index (κ1) is 28.6. The third-order valence-corrected chi connectivity index (χ3v) is 2.96. The summed E-state index contributed by atoms with van der Waals surface area (Å²) in [6.45, 7) is 14.1. The van der Waals surface area contributed by atoms with Crippen LogP contribution in [0.1, 0.15) is 66.0 Å².